The average Bonchev–Trinajstić information content (AvgIpc) is 3.08. The van der Waals surface area contributed by atoms with Crippen LogP contribution in [0, 0.1) is 5.92 Å². The van der Waals surface area contributed by atoms with Crippen LogP contribution < -0.4 is 21.1 Å². The standard InChI is InChI=1S/C30H40N4O2S/c1-4-8-25(21-11-13-24(14-12-21)36-23-9-6-5-7-10-23)27(29(31)35)30-33-20-17-26(37-3)28(34(30)2)22-15-18-32-19-16-22/h5-14,22,26,28,32-33H,4,15-20H2,1-3H3,(H2,31,35)/b25-8+,30-27+/t26?,28-/m1/s1. The molecule has 4 rings (SSSR count). The first kappa shape index (κ1) is 27.1. The van der Waals surface area contributed by atoms with E-state index in [1.807, 2.05) is 66.4 Å². The molecule has 2 aliphatic rings. The average molecular weight is 521 g/mol. The molecule has 2 aromatic carbocycles. The highest BCUT2D eigenvalue weighted by atomic mass is 32.2. The van der Waals surface area contributed by atoms with E-state index in [1.165, 1.54) is 0 Å². The smallest absolute Gasteiger partial charge is 0.252 e. The van der Waals surface area contributed by atoms with Gasteiger partial charge >= 0.3 is 0 Å². The summed E-state index contributed by atoms with van der Waals surface area (Å²) < 4.78 is 5.99. The Balaban J connectivity index is 1.71. The van der Waals surface area contributed by atoms with Crippen molar-refractivity contribution < 1.29 is 9.53 Å². The number of nitrogens with zero attached hydrogens (tertiary/aromatic N) is 1. The van der Waals surface area contributed by atoms with Crippen LogP contribution in [-0.4, -0.2) is 55.0 Å². The zero-order chi connectivity index (χ0) is 26.2. The van der Waals surface area contributed by atoms with E-state index in [4.69, 9.17) is 10.5 Å². The van der Waals surface area contributed by atoms with Gasteiger partial charge in [-0.2, -0.15) is 11.8 Å². The first-order chi connectivity index (χ1) is 18.0. The van der Waals surface area contributed by atoms with Crippen molar-refractivity contribution in [1.82, 2.24) is 15.5 Å². The fourth-order valence-electron chi connectivity index (χ4n) is 5.63. The summed E-state index contributed by atoms with van der Waals surface area (Å²) in [5.74, 6) is 2.54. The first-order valence-corrected chi connectivity index (χ1v) is 14.6. The van der Waals surface area contributed by atoms with E-state index in [2.05, 4.69) is 41.8 Å². The second-order valence-electron chi connectivity index (χ2n) is 9.73. The molecule has 2 saturated heterocycles. The molecule has 1 unspecified atom stereocenters. The van der Waals surface area contributed by atoms with E-state index in [0.717, 1.165) is 73.8 Å². The van der Waals surface area contributed by atoms with E-state index in [9.17, 15) is 4.79 Å². The second kappa shape index (κ2) is 13.1. The number of nitrogens with one attached hydrogen (secondary N) is 2. The van der Waals surface area contributed by atoms with Gasteiger partial charge in [0.1, 0.15) is 17.3 Å². The number of nitrogens with two attached hydrogens (primary N) is 1. The lowest BCUT2D eigenvalue weighted by molar-refractivity contribution is -0.114. The van der Waals surface area contributed by atoms with E-state index in [1.54, 1.807) is 0 Å². The van der Waals surface area contributed by atoms with E-state index in [-0.39, 0.29) is 0 Å². The molecule has 6 nitrogen and oxygen atoms in total. The molecule has 0 aromatic heterocycles. The van der Waals surface area contributed by atoms with Gasteiger partial charge in [0.05, 0.1) is 5.57 Å². The quantitative estimate of drug-likeness (QED) is 0.426. The highest BCUT2D eigenvalue weighted by molar-refractivity contribution is 7.99. The van der Waals surface area contributed by atoms with Gasteiger partial charge in [-0.15, -0.1) is 0 Å². The number of para-hydroxylation sites is 1. The fourth-order valence-corrected chi connectivity index (χ4v) is 6.66. The maximum Gasteiger partial charge on any atom is 0.252 e. The minimum absolute atomic E-state index is 0.334. The maximum absolute atomic E-state index is 13.1. The number of hydrogen-bond acceptors (Lipinski definition) is 6. The minimum atomic E-state index is -0.412. The van der Waals surface area contributed by atoms with Gasteiger partial charge in [-0.1, -0.05) is 43.3 Å². The Labute approximate surface area is 225 Å². The maximum atomic E-state index is 13.1. The highest BCUT2D eigenvalue weighted by Crippen LogP contribution is 2.36. The second-order valence-corrected chi connectivity index (χ2v) is 10.8. The number of thioether (sulfide) groups is 1. The SMILES string of the molecule is CC/C=C(/C(C(N)=O)=C1/NCCC(SC)[C@@H](C2CCNCC2)N1C)c1ccc(Oc2ccccc2)cc1. The van der Waals surface area contributed by atoms with Crippen molar-refractivity contribution >= 4 is 23.2 Å². The van der Waals surface area contributed by atoms with Gasteiger partial charge in [-0.05, 0) is 86.3 Å². The van der Waals surface area contributed by atoms with Crippen molar-refractivity contribution in [3.8, 4) is 11.5 Å². The van der Waals surface area contributed by atoms with Crippen LogP contribution in [0.1, 0.15) is 38.2 Å². The molecule has 0 spiro atoms. The third-order valence-corrected chi connectivity index (χ3v) is 8.50. The van der Waals surface area contributed by atoms with Crippen molar-refractivity contribution in [2.24, 2.45) is 11.7 Å². The van der Waals surface area contributed by atoms with Gasteiger partial charge in [0, 0.05) is 24.9 Å². The third kappa shape index (κ3) is 6.51. The summed E-state index contributed by atoms with van der Waals surface area (Å²) in [4.78, 5) is 15.4. The zero-order valence-electron chi connectivity index (χ0n) is 22.2. The molecule has 0 bridgehead atoms. The van der Waals surface area contributed by atoms with E-state index in [0.29, 0.717) is 22.8 Å². The number of carbonyl (C=O) groups excluding carboxylic acids is 1. The Hall–Kier alpha value is -2.90. The molecule has 37 heavy (non-hydrogen) atoms. The third-order valence-electron chi connectivity index (χ3n) is 7.38. The van der Waals surface area contributed by atoms with Crippen LogP contribution in [0.4, 0.5) is 0 Å². The zero-order valence-corrected chi connectivity index (χ0v) is 23.0. The van der Waals surface area contributed by atoms with Crippen molar-refractivity contribution in [3.05, 3.63) is 77.6 Å². The van der Waals surface area contributed by atoms with Crippen LogP contribution in [0.25, 0.3) is 5.57 Å². The predicted octanol–water partition coefficient (Wildman–Crippen LogP) is 4.99. The van der Waals surface area contributed by atoms with Crippen LogP contribution in [0.2, 0.25) is 0 Å². The van der Waals surface area contributed by atoms with Crippen LogP contribution in [0.3, 0.4) is 0 Å². The van der Waals surface area contributed by atoms with Gasteiger partial charge in [0.15, 0.2) is 0 Å². The van der Waals surface area contributed by atoms with Crippen LogP contribution in [0.15, 0.2) is 72.1 Å². The molecule has 2 fully saturated rings. The molecule has 2 aromatic rings. The Bertz CT molecular complexity index is 1090. The first-order valence-electron chi connectivity index (χ1n) is 13.3. The molecule has 0 radical (unpaired) electrons. The summed E-state index contributed by atoms with van der Waals surface area (Å²) in [7, 11) is 2.13. The Morgan fingerprint density at radius 1 is 1.05 bits per heavy atom. The topological polar surface area (TPSA) is 79.6 Å². The summed E-state index contributed by atoms with van der Waals surface area (Å²) >= 11 is 1.93. The van der Waals surface area contributed by atoms with Crippen LogP contribution >= 0.6 is 11.8 Å². The molecule has 2 aliphatic heterocycles. The number of hydrogen-bond donors (Lipinski definition) is 3. The number of allylic oxidation sites excluding steroid dienone is 1. The summed E-state index contributed by atoms with van der Waals surface area (Å²) in [6.45, 7) is 4.99. The summed E-state index contributed by atoms with van der Waals surface area (Å²) in [6, 6.07) is 18.0. The molecule has 2 heterocycles. The van der Waals surface area contributed by atoms with Crippen LogP contribution in [-0.2, 0) is 4.79 Å². The number of rotatable bonds is 8. The molecule has 198 valence electrons. The lowest BCUT2D eigenvalue weighted by atomic mass is 9.86. The molecule has 0 aliphatic carbocycles. The molecule has 2 atom stereocenters. The highest BCUT2D eigenvalue weighted by Gasteiger charge is 2.37. The van der Waals surface area contributed by atoms with Gasteiger partial charge in [-0.3, -0.25) is 4.79 Å². The van der Waals surface area contributed by atoms with Crippen LogP contribution in [0.5, 0.6) is 11.5 Å². The minimum Gasteiger partial charge on any atom is -0.457 e. The van der Waals surface area contributed by atoms with Crippen molar-refractivity contribution in [1.29, 1.82) is 0 Å². The van der Waals surface area contributed by atoms with E-state index >= 15 is 0 Å². The molecule has 1 amide bonds. The molecule has 0 saturated carbocycles. The number of piperidine rings is 1. The van der Waals surface area contributed by atoms with E-state index < -0.39 is 5.91 Å². The number of carbonyl (C=O) groups is 1. The molecule has 4 N–H and O–H groups in total. The summed E-state index contributed by atoms with van der Waals surface area (Å²) in [5, 5.41) is 7.59. The fraction of sp³-hybridized carbons (Fsp3) is 0.433. The molecular weight excluding hydrogens is 480 g/mol. The lowest BCUT2D eigenvalue weighted by Crippen LogP contribution is -2.48. The summed E-state index contributed by atoms with van der Waals surface area (Å²) in [5.41, 5.74) is 8.50. The van der Waals surface area contributed by atoms with Crippen molar-refractivity contribution in [2.45, 2.75) is 43.9 Å². The predicted molar refractivity (Wildman–Crippen MR) is 155 cm³/mol. The van der Waals surface area contributed by atoms with Gasteiger partial charge in [-0.25, -0.2) is 0 Å². The number of ether oxygens (including phenoxy) is 1. The Kier molecular flexibility index (Phi) is 9.58. The van der Waals surface area contributed by atoms with Crippen molar-refractivity contribution in [3.63, 3.8) is 0 Å². The Morgan fingerprint density at radius 3 is 2.35 bits per heavy atom. The molecular formula is C30H40N4O2S. The Morgan fingerprint density at radius 2 is 1.73 bits per heavy atom. The monoisotopic (exact) mass is 520 g/mol. The van der Waals surface area contributed by atoms with Gasteiger partial charge in [0.2, 0.25) is 0 Å². The number of amides is 1. The van der Waals surface area contributed by atoms with Gasteiger partial charge < -0.3 is 26.0 Å². The number of benzene rings is 2. The van der Waals surface area contributed by atoms with Gasteiger partial charge in [0.25, 0.3) is 5.91 Å². The normalized spacial score (nSPS) is 22.7. The lowest BCUT2D eigenvalue weighted by Gasteiger charge is -2.41. The summed E-state index contributed by atoms with van der Waals surface area (Å²) in [6.07, 6.45) is 8.44. The number of primary amides is 1. The largest absolute Gasteiger partial charge is 0.457 e. The van der Waals surface area contributed by atoms with Crippen molar-refractivity contribution in [2.75, 3.05) is 32.9 Å². The molecule has 7 heteroatoms.